The number of carbonyl (C=O) groups is 1. The molecule has 26 heavy (non-hydrogen) atoms. The highest BCUT2D eigenvalue weighted by atomic mass is 32.1. The lowest BCUT2D eigenvalue weighted by atomic mass is 9.89. The first-order chi connectivity index (χ1) is 12.6. The van der Waals surface area contributed by atoms with Gasteiger partial charge in [0.25, 0.3) is 0 Å². The fourth-order valence-corrected chi connectivity index (χ4v) is 4.93. The van der Waals surface area contributed by atoms with Crippen molar-refractivity contribution in [1.82, 2.24) is 26.5 Å². The summed E-state index contributed by atoms with van der Waals surface area (Å²) in [6.07, 6.45) is 1.05. The average molecular weight is 372 g/mol. The van der Waals surface area contributed by atoms with E-state index in [1.54, 1.807) is 11.3 Å². The highest BCUT2D eigenvalue weighted by Crippen LogP contribution is 2.32. The summed E-state index contributed by atoms with van der Waals surface area (Å²) in [4.78, 5) is 18.6. The van der Waals surface area contributed by atoms with Crippen LogP contribution in [0, 0.1) is 12.8 Å². The molecule has 0 spiro atoms. The van der Waals surface area contributed by atoms with Crippen molar-refractivity contribution in [3.63, 3.8) is 0 Å². The van der Waals surface area contributed by atoms with Crippen LogP contribution in [-0.2, 0) is 4.79 Å². The first-order valence-electron chi connectivity index (χ1n) is 9.18. The van der Waals surface area contributed by atoms with Crippen LogP contribution in [0.5, 0.6) is 0 Å². The molecule has 2 aromatic rings. The van der Waals surface area contributed by atoms with Gasteiger partial charge in [0.15, 0.2) is 0 Å². The van der Waals surface area contributed by atoms with E-state index in [1.165, 1.54) is 0 Å². The predicted octanol–water partition coefficient (Wildman–Crippen LogP) is 1.75. The smallest absolute Gasteiger partial charge is 0.239 e. The van der Waals surface area contributed by atoms with Crippen LogP contribution in [0.1, 0.15) is 30.0 Å². The van der Waals surface area contributed by atoms with Crippen LogP contribution in [-0.4, -0.2) is 36.1 Å². The number of nitrogens with zero attached hydrogens (tertiary/aromatic N) is 1. The van der Waals surface area contributed by atoms with E-state index >= 15 is 0 Å². The molecular formula is C19H25N5OS. The number of benzene rings is 1. The first kappa shape index (κ1) is 17.6. The zero-order chi connectivity index (χ0) is 18.1. The number of piperidine rings is 1. The quantitative estimate of drug-likeness (QED) is 0.659. The fraction of sp³-hybridized carbons (Fsp3) is 0.474. The van der Waals surface area contributed by atoms with E-state index in [2.05, 4.69) is 33.6 Å². The Labute approximate surface area is 157 Å². The van der Waals surface area contributed by atoms with Gasteiger partial charge in [-0.25, -0.2) is 10.4 Å². The number of hydrogen-bond donors (Lipinski definition) is 4. The maximum absolute atomic E-state index is 12.8. The number of fused-ring (bicyclic) bond motifs is 1. The van der Waals surface area contributed by atoms with Gasteiger partial charge in [0.1, 0.15) is 11.0 Å². The van der Waals surface area contributed by atoms with Crippen LogP contribution in [0.4, 0.5) is 0 Å². The minimum atomic E-state index is -0.197. The predicted molar refractivity (Wildman–Crippen MR) is 104 cm³/mol. The Morgan fingerprint density at radius 2 is 2.12 bits per heavy atom. The Morgan fingerprint density at radius 3 is 2.92 bits per heavy atom. The van der Waals surface area contributed by atoms with Crippen molar-refractivity contribution in [2.24, 2.45) is 5.92 Å². The minimum Gasteiger partial charge on any atom is -0.347 e. The minimum absolute atomic E-state index is 0.0512. The molecule has 138 valence electrons. The standard InChI is InChI=1S/C19H25N5OS/c1-11(17-12(2)22-19(26-17)13-6-4-3-5-7-13)21-18(25)16-14-10-20-9-8-15(14)23-24-16/h3-7,11,14-16,20,23-24H,8-10H2,1-2H3,(H,21,25). The lowest BCUT2D eigenvalue weighted by molar-refractivity contribution is -0.124. The fourth-order valence-electron chi connectivity index (χ4n) is 3.86. The van der Waals surface area contributed by atoms with Crippen LogP contribution in [0.2, 0.25) is 0 Å². The van der Waals surface area contributed by atoms with Crippen molar-refractivity contribution >= 4 is 17.2 Å². The third kappa shape index (κ3) is 3.40. The summed E-state index contributed by atoms with van der Waals surface area (Å²) in [5.74, 6) is 0.341. The maximum atomic E-state index is 12.8. The lowest BCUT2D eigenvalue weighted by Crippen LogP contribution is -2.49. The Hall–Kier alpha value is -1.80. The second kappa shape index (κ2) is 7.44. The van der Waals surface area contributed by atoms with Crippen molar-refractivity contribution in [1.29, 1.82) is 0 Å². The molecule has 1 amide bonds. The van der Waals surface area contributed by atoms with Crippen molar-refractivity contribution in [2.45, 2.75) is 38.4 Å². The van der Waals surface area contributed by atoms with E-state index in [4.69, 9.17) is 4.98 Å². The number of carbonyl (C=O) groups excluding carboxylic acids is 1. The molecule has 2 aliphatic rings. The van der Waals surface area contributed by atoms with Gasteiger partial charge in [0.2, 0.25) is 5.91 Å². The number of amides is 1. The molecule has 0 bridgehead atoms. The monoisotopic (exact) mass is 371 g/mol. The van der Waals surface area contributed by atoms with Gasteiger partial charge in [-0.05, 0) is 26.8 Å². The Balaban J connectivity index is 1.46. The molecular weight excluding hydrogens is 346 g/mol. The zero-order valence-electron chi connectivity index (χ0n) is 15.1. The first-order valence-corrected chi connectivity index (χ1v) is 10.00. The summed E-state index contributed by atoms with van der Waals surface area (Å²) in [6.45, 7) is 5.92. The second-order valence-corrected chi connectivity index (χ2v) is 8.13. The molecule has 2 saturated heterocycles. The van der Waals surface area contributed by atoms with E-state index in [0.717, 1.165) is 40.7 Å². The van der Waals surface area contributed by atoms with E-state index < -0.39 is 0 Å². The highest BCUT2D eigenvalue weighted by molar-refractivity contribution is 7.15. The third-order valence-electron chi connectivity index (χ3n) is 5.27. The van der Waals surface area contributed by atoms with Gasteiger partial charge in [-0.15, -0.1) is 11.3 Å². The number of aryl methyl sites for hydroxylation is 1. The number of aromatic nitrogens is 1. The molecule has 7 heteroatoms. The molecule has 3 heterocycles. The molecule has 4 atom stereocenters. The number of hydrogen-bond acceptors (Lipinski definition) is 6. The van der Waals surface area contributed by atoms with Gasteiger partial charge >= 0.3 is 0 Å². The molecule has 0 aliphatic carbocycles. The van der Waals surface area contributed by atoms with Crippen LogP contribution in [0.3, 0.4) is 0 Å². The van der Waals surface area contributed by atoms with Crippen LogP contribution in [0.15, 0.2) is 30.3 Å². The number of hydrazine groups is 1. The Morgan fingerprint density at radius 1 is 1.31 bits per heavy atom. The maximum Gasteiger partial charge on any atom is 0.239 e. The van der Waals surface area contributed by atoms with E-state index in [-0.39, 0.29) is 18.0 Å². The van der Waals surface area contributed by atoms with Crippen LogP contribution >= 0.6 is 11.3 Å². The molecule has 2 fully saturated rings. The number of thiazole rings is 1. The summed E-state index contributed by atoms with van der Waals surface area (Å²) >= 11 is 1.65. The van der Waals surface area contributed by atoms with Gasteiger partial charge in [-0.1, -0.05) is 30.3 Å². The van der Waals surface area contributed by atoms with Gasteiger partial charge in [0, 0.05) is 24.1 Å². The SMILES string of the molecule is Cc1nc(-c2ccccc2)sc1C(C)NC(=O)C1NNC2CCNCC21. The molecule has 2 aliphatic heterocycles. The molecule has 1 aromatic carbocycles. The van der Waals surface area contributed by atoms with Gasteiger partial charge in [-0.2, -0.15) is 0 Å². The molecule has 4 unspecified atom stereocenters. The van der Waals surface area contributed by atoms with Crippen LogP contribution < -0.4 is 21.5 Å². The van der Waals surface area contributed by atoms with Gasteiger partial charge in [0.05, 0.1) is 16.6 Å². The lowest BCUT2D eigenvalue weighted by Gasteiger charge is -2.28. The van der Waals surface area contributed by atoms with E-state index in [0.29, 0.717) is 12.0 Å². The van der Waals surface area contributed by atoms with Crippen molar-refractivity contribution in [3.8, 4) is 10.6 Å². The van der Waals surface area contributed by atoms with Crippen molar-refractivity contribution < 1.29 is 4.79 Å². The topological polar surface area (TPSA) is 78.1 Å². The third-order valence-corrected chi connectivity index (χ3v) is 6.66. The summed E-state index contributed by atoms with van der Waals surface area (Å²) in [5.41, 5.74) is 8.56. The number of nitrogens with one attached hydrogen (secondary N) is 4. The Bertz CT molecular complexity index is 777. The van der Waals surface area contributed by atoms with Gasteiger partial charge in [-0.3, -0.25) is 10.2 Å². The molecule has 0 saturated carbocycles. The molecule has 0 radical (unpaired) electrons. The van der Waals surface area contributed by atoms with Crippen molar-refractivity contribution in [3.05, 3.63) is 40.9 Å². The van der Waals surface area contributed by atoms with E-state index in [1.807, 2.05) is 32.0 Å². The largest absolute Gasteiger partial charge is 0.347 e. The summed E-state index contributed by atoms with van der Waals surface area (Å²) in [6, 6.07) is 10.3. The zero-order valence-corrected chi connectivity index (χ0v) is 15.9. The van der Waals surface area contributed by atoms with Crippen LogP contribution in [0.25, 0.3) is 10.6 Å². The second-order valence-electron chi connectivity index (χ2n) is 7.09. The molecule has 6 nitrogen and oxygen atoms in total. The summed E-state index contributed by atoms with van der Waals surface area (Å²) < 4.78 is 0. The van der Waals surface area contributed by atoms with E-state index in [9.17, 15) is 4.79 Å². The normalized spacial score (nSPS) is 26.3. The summed E-state index contributed by atoms with van der Waals surface area (Å²) in [7, 11) is 0. The van der Waals surface area contributed by atoms with Gasteiger partial charge < -0.3 is 10.6 Å². The number of rotatable bonds is 4. The van der Waals surface area contributed by atoms with Crippen molar-refractivity contribution in [2.75, 3.05) is 13.1 Å². The molecule has 1 aromatic heterocycles. The summed E-state index contributed by atoms with van der Waals surface area (Å²) in [5, 5.41) is 7.56. The molecule has 4 N–H and O–H groups in total. The average Bonchev–Trinajstić information content (AvgIpc) is 3.26. The Kier molecular flexibility index (Phi) is 5.04. The highest BCUT2D eigenvalue weighted by Gasteiger charge is 2.41. The molecule has 4 rings (SSSR count).